The summed E-state index contributed by atoms with van der Waals surface area (Å²) >= 11 is 0. The highest BCUT2D eigenvalue weighted by atomic mass is 16.6. The highest BCUT2D eigenvalue weighted by Crippen LogP contribution is 2.14. The predicted octanol–water partition coefficient (Wildman–Crippen LogP) is 7.65. The maximum absolute atomic E-state index is 5.40. The third-order valence-corrected chi connectivity index (χ3v) is 5.00. The molecule has 4 heteroatoms. The molecule has 2 aliphatic heterocycles. The van der Waals surface area contributed by atoms with Crippen LogP contribution in [0.4, 0.5) is 0 Å². The maximum Gasteiger partial charge on any atom is 0.119 e. The van der Waals surface area contributed by atoms with Gasteiger partial charge in [0.25, 0.3) is 0 Å². The number of epoxide rings is 2. The highest BCUT2D eigenvalue weighted by molar-refractivity contribution is 5.22. The van der Waals surface area contributed by atoms with Gasteiger partial charge in [0.15, 0.2) is 0 Å². The average molecular weight is 483 g/mol. The fraction of sp³-hybridized carbons (Fsp3) is 0.419. The van der Waals surface area contributed by atoms with Gasteiger partial charge in [0.2, 0.25) is 0 Å². The zero-order chi connectivity index (χ0) is 22.4. The molecule has 2 fully saturated rings. The van der Waals surface area contributed by atoms with Gasteiger partial charge in [-0.05, 0) is 48.2 Å². The standard InChI is InChI=1S/C10H14.2C9H10O2.3CH4/c1-3-9-5-7-10(4-2)8-6-9;2*1-2-4-8(5-3-1)10-6-9-7-11-9;;;/h5-8H,3-4H2,1-2H3;2*1-5,9H,6-7H2;3*1H4. The molecule has 0 saturated carbocycles. The smallest absolute Gasteiger partial charge is 0.119 e. The molecule has 2 heterocycles. The molecule has 2 saturated heterocycles. The minimum atomic E-state index is 0. The van der Waals surface area contributed by atoms with Crippen molar-refractivity contribution in [2.24, 2.45) is 0 Å². The lowest BCUT2D eigenvalue weighted by molar-refractivity contribution is 0.263. The van der Waals surface area contributed by atoms with Gasteiger partial charge in [-0.1, -0.05) is 96.8 Å². The number of benzene rings is 3. The van der Waals surface area contributed by atoms with Crippen LogP contribution in [0.5, 0.6) is 11.5 Å². The molecule has 2 unspecified atom stereocenters. The Morgan fingerprint density at radius 1 is 0.571 bits per heavy atom. The fourth-order valence-electron chi connectivity index (χ4n) is 2.75. The molecular formula is C31H46O4. The molecule has 4 nitrogen and oxygen atoms in total. The summed E-state index contributed by atoms with van der Waals surface area (Å²) in [5.41, 5.74) is 2.86. The molecule has 194 valence electrons. The van der Waals surface area contributed by atoms with Gasteiger partial charge in [-0.25, -0.2) is 0 Å². The Bertz CT molecular complexity index is 783. The molecule has 3 aromatic rings. The second-order valence-electron chi connectivity index (χ2n) is 7.68. The molecule has 0 N–H and O–H groups in total. The van der Waals surface area contributed by atoms with Crippen LogP contribution in [0.25, 0.3) is 0 Å². The van der Waals surface area contributed by atoms with Crippen LogP contribution in [0.1, 0.15) is 47.3 Å². The van der Waals surface area contributed by atoms with Gasteiger partial charge in [0.05, 0.1) is 13.2 Å². The minimum Gasteiger partial charge on any atom is -0.491 e. The Morgan fingerprint density at radius 3 is 1.14 bits per heavy atom. The first kappa shape index (κ1) is 32.2. The molecule has 0 bridgehead atoms. The van der Waals surface area contributed by atoms with E-state index in [-0.39, 0.29) is 22.3 Å². The van der Waals surface area contributed by atoms with Crippen molar-refractivity contribution >= 4 is 0 Å². The van der Waals surface area contributed by atoms with E-state index < -0.39 is 0 Å². The summed E-state index contributed by atoms with van der Waals surface area (Å²) in [5, 5.41) is 0. The molecule has 3 aromatic carbocycles. The third-order valence-electron chi connectivity index (χ3n) is 5.00. The first-order valence-electron chi connectivity index (χ1n) is 11.4. The average Bonchev–Trinajstić information content (AvgIpc) is 3.79. The summed E-state index contributed by atoms with van der Waals surface area (Å²) in [6, 6.07) is 28.4. The second kappa shape index (κ2) is 18.5. The summed E-state index contributed by atoms with van der Waals surface area (Å²) in [6.07, 6.45) is 2.97. The molecule has 0 radical (unpaired) electrons. The van der Waals surface area contributed by atoms with Crippen LogP contribution in [0, 0.1) is 0 Å². The van der Waals surface area contributed by atoms with Crippen molar-refractivity contribution in [3.8, 4) is 11.5 Å². The van der Waals surface area contributed by atoms with Crippen molar-refractivity contribution in [3.63, 3.8) is 0 Å². The van der Waals surface area contributed by atoms with E-state index in [2.05, 4.69) is 38.1 Å². The monoisotopic (exact) mass is 482 g/mol. The van der Waals surface area contributed by atoms with Gasteiger partial charge >= 0.3 is 0 Å². The van der Waals surface area contributed by atoms with E-state index in [1.807, 2.05) is 60.7 Å². The summed E-state index contributed by atoms with van der Waals surface area (Å²) in [5.74, 6) is 1.84. The number of aryl methyl sites for hydroxylation is 2. The van der Waals surface area contributed by atoms with Gasteiger partial charge in [-0.2, -0.15) is 0 Å². The number of hydrogen-bond acceptors (Lipinski definition) is 4. The molecule has 2 atom stereocenters. The lowest BCUT2D eigenvalue weighted by atomic mass is 10.1. The van der Waals surface area contributed by atoms with E-state index >= 15 is 0 Å². The highest BCUT2D eigenvalue weighted by Gasteiger charge is 2.23. The Balaban J connectivity index is 0.000000476. The van der Waals surface area contributed by atoms with Gasteiger partial charge < -0.3 is 18.9 Å². The number of rotatable bonds is 8. The number of hydrogen-bond donors (Lipinski definition) is 0. The maximum atomic E-state index is 5.40. The van der Waals surface area contributed by atoms with Crippen LogP contribution in [0.2, 0.25) is 0 Å². The SMILES string of the molecule is C.C.C.CCc1ccc(CC)cc1.c1ccc(OCC2CO2)cc1.c1ccc(OCC2CO2)cc1. The van der Waals surface area contributed by atoms with E-state index in [4.69, 9.17) is 18.9 Å². The van der Waals surface area contributed by atoms with Gasteiger partial charge in [0, 0.05) is 0 Å². The summed E-state index contributed by atoms with van der Waals surface area (Å²) in [4.78, 5) is 0. The number of ether oxygens (including phenoxy) is 4. The Labute approximate surface area is 214 Å². The Hall–Kier alpha value is -2.82. The topological polar surface area (TPSA) is 43.5 Å². The van der Waals surface area contributed by atoms with E-state index in [0.29, 0.717) is 25.4 Å². The van der Waals surface area contributed by atoms with Crippen LogP contribution in [-0.4, -0.2) is 38.6 Å². The molecule has 0 spiro atoms. The minimum absolute atomic E-state index is 0. The Morgan fingerprint density at radius 2 is 0.886 bits per heavy atom. The lowest BCUT2D eigenvalue weighted by Gasteiger charge is -2.01. The first-order chi connectivity index (χ1) is 15.8. The zero-order valence-corrected chi connectivity index (χ0v) is 19.1. The van der Waals surface area contributed by atoms with Crippen LogP contribution in [-0.2, 0) is 22.3 Å². The quantitative estimate of drug-likeness (QED) is 0.309. The second-order valence-corrected chi connectivity index (χ2v) is 7.68. The van der Waals surface area contributed by atoms with E-state index in [9.17, 15) is 0 Å². The van der Waals surface area contributed by atoms with E-state index in [1.165, 1.54) is 11.1 Å². The summed E-state index contributed by atoms with van der Waals surface area (Å²) < 4.78 is 20.8. The fourth-order valence-corrected chi connectivity index (χ4v) is 2.75. The summed E-state index contributed by atoms with van der Waals surface area (Å²) in [6.45, 7) is 7.44. The van der Waals surface area contributed by atoms with Crippen LogP contribution in [0.15, 0.2) is 84.9 Å². The van der Waals surface area contributed by atoms with Crippen molar-refractivity contribution < 1.29 is 18.9 Å². The first-order valence-corrected chi connectivity index (χ1v) is 11.4. The normalized spacial score (nSPS) is 16.2. The molecule has 0 amide bonds. The van der Waals surface area contributed by atoms with Gasteiger partial charge in [0.1, 0.15) is 36.9 Å². The largest absolute Gasteiger partial charge is 0.491 e. The molecule has 5 rings (SSSR count). The third kappa shape index (κ3) is 14.2. The van der Waals surface area contributed by atoms with Crippen molar-refractivity contribution in [2.45, 2.75) is 61.2 Å². The summed E-state index contributed by atoms with van der Waals surface area (Å²) in [7, 11) is 0. The van der Waals surface area contributed by atoms with E-state index in [1.54, 1.807) is 0 Å². The Kier molecular flexibility index (Phi) is 17.0. The van der Waals surface area contributed by atoms with Crippen molar-refractivity contribution in [1.29, 1.82) is 0 Å². The van der Waals surface area contributed by atoms with Crippen molar-refractivity contribution in [2.75, 3.05) is 26.4 Å². The van der Waals surface area contributed by atoms with Crippen LogP contribution >= 0.6 is 0 Å². The molecule has 0 aliphatic carbocycles. The van der Waals surface area contributed by atoms with Crippen molar-refractivity contribution in [3.05, 3.63) is 96.1 Å². The van der Waals surface area contributed by atoms with Crippen LogP contribution in [0.3, 0.4) is 0 Å². The van der Waals surface area contributed by atoms with Gasteiger partial charge in [-0.3, -0.25) is 0 Å². The van der Waals surface area contributed by atoms with Crippen molar-refractivity contribution in [1.82, 2.24) is 0 Å². The molecular weight excluding hydrogens is 436 g/mol. The predicted molar refractivity (Wildman–Crippen MR) is 149 cm³/mol. The van der Waals surface area contributed by atoms with E-state index in [0.717, 1.165) is 37.6 Å². The molecule has 35 heavy (non-hydrogen) atoms. The molecule has 0 aromatic heterocycles. The zero-order valence-electron chi connectivity index (χ0n) is 19.1. The van der Waals surface area contributed by atoms with Crippen LogP contribution < -0.4 is 9.47 Å². The van der Waals surface area contributed by atoms with Gasteiger partial charge in [-0.15, -0.1) is 0 Å². The number of para-hydroxylation sites is 2. The molecule has 2 aliphatic rings. The lowest BCUT2D eigenvalue weighted by Crippen LogP contribution is -2.03.